The molecule has 1 aliphatic carbocycles. The van der Waals surface area contributed by atoms with E-state index in [1.807, 2.05) is 12.3 Å². The van der Waals surface area contributed by atoms with Crippen LogP contribution in [0.15, 0.2) is 23.2 Å². The molecule has 2 heteroatoms. The fourth-order valence-electron chi connectivity index (χ4n) is 1.02. The Balaban J connectivity index is 2.28. The number of hydrogen-bond acceptors (Lipinski definition) is 2. The van der Waals surface area contributed by atoms with Crippen LogP contribution < -0.4 is 0 Å². The number of aromatic nitrogens is 1. The van der Waals surface area contributed by atoms with Gasteiger partial charge in [-0.25, -0.2) is 0 Å². The molecule has 0 aliphatic heterocycles. The van der Waals surface area contributed by atoms with E-state index >= 15 is 0 Å². The van der Waals surface area contributed by atoms with Crippen LogP contribution in [0.2, 0.25) is 0 Å². The van der Waals surface area contributed by atoms with Crippen molar-refractivity contribution in [3.8, 4) is 0 Å². The summed E-state index contributed by atoms with van der Waals surface area (Å²) in [5.74, 6) is 0.758. The summed E-state index contributed by atoms with van der Waals surface area (Å²) in [7, 11) is 0. The second-order valence-electron chi connectivity index (χ2n) is 2.72. The molecule has 0 saturated heterocycles. The van der Waals surface area contributed by atoms with Gasteiger partial charge in [-0.2, -0.15) is 0 Å². The Labute approximate surface area is 65.9 Å². The van der Waals surface area contributed by atoms with Crippen LogP contribution in [0.4, 0.5) is 0 Å². The van der Waals surface area contributed by atoms with Crippen LogP contribution in [0.25, 0.3) is 0 Å². The molecule has 0 aromatic carbocycles. The Morgan fingerprint density at radius 2 is 2.20 bits per heavy atom. The first kappa shape index (κ1) is 6.23. The lowest BCUT2D eigenvalue weighted by atomic mass is 10.2. The lowest BCUT2D eigenvalue weighted by Gasteiger charge is -1.94. The predicted molar refractivity (Wildman–Crippen MR) is 43.5 cm³/mol. The third-order valence-electron chi connectivity index (χ3n) is 1.77. The summed E-state index contributed by atoms with van der Waals surface area (Å²) in [6, 6.07) is 4.07. The maximum absolute atomic E-state index is 4.26. The van der Waals surface area contributed by atoms with Crippen molar-refractivity contribution < 1.29 is 0 Å². The molecule has 1 aromatic rings. The Bertz CT molecular complexity index is 226. The smallest absolute Gasteiger partial charge is 0.0435 e. The molecule has 1 saturated carbocycles. The van der Waals surface area contributed by atoms with Gasteiger partial charge in [-0.05, 0) is 25.0 Å². The molecule has 0 atom stereocenters. The van der Waals surface area contributed by atoms with Crippen LogP contribution in [-0.4, -0.2) is 4.98 Å². The molecule has 1 aliphatic rings. The fourth-order valence-corrected chi connectivity index (χ4v) is 1.15. The molecule has 52 valence electrons. The van der Waals surface area contributed by atoms with Gasteiger partial charge in [0.15, 0.2) is 0 Å². The second-order valence-corrected chi connectivity index (χ2v) is 3.23. The van der Waals surface area contributed by atoms with E-state index in [9.17, 15) is 0 Å². The number of thiol groups is 1. The van der Waals surface area contributed by atoms with E-state index in [4.69, 9.17) is 0 Å². The zero-order chi connectivity index (χ0) is 6.97. The van der Waals surface area contributed by atoms with Crippen LogP contribution in [-0.2, 0) is 0 Å². The average Bonchev–Trinajstić information content (AvgIpc) is 2.71. The van der Waals surface area contributed by atoms with E-state index in [1.165, 1.54) is 18.5 Å². The molecule has 0 N–H and O–H groups in total. The van der Waals surface area contributed by atoms with Gasteiger partial charge in [-0.1, -0.05) is 0 Å². The zero-order valence-electron chi connectivity index (χ0n) is 5.62. The molecular formula is C8H9NS. The Morgan fingerprint density at radius 1 is 1.40 bits per heavy atom. The molecule has 0 bridgehead atoms. The van der Waals surface area contributed by atoms with Gasteiger partial charge in [-0.15, -0.1) is 12.6 Å². The molecule has 1 heterocycles. The van der Waals surface area contributed by atoms with Crippen molar-refractivity contribution in [3.05, 3.63) is 24.0 Å². The molecule has 0 amide bonds. The molecule has 1 nitrogen and oxygen atoms in total. The fraction of sp³-hybridized carbons (Fsp3) is 0.375. The highest BCUT2D eigenvalue weighted by molar-refractivity contribution is 7.80. The predicted octanol–water partition coefficient (Wildman–Crippen LogP) is 2.25. The maximum atomic E-state index is 4.26. The summed E-state index contributed by atoms with van der Waals surface area (Å²) >= 11 is 4.16. The molecule has 0 unspecified atom stereocenters. The minimum Gasteiger partial charge on any atom is -0.260 e. The van der Waals surface area contributed by atoms with Crippen molar-refractivity contribution in [2.45, 2.75) is 23.7 Å². The van der Waals surface area contributed by atoms with Crippen LogP contribution in [0.5, 0.6) is 0 Å². The maximum Gasteiger partial charge on any atom is 0.0435 e. The van der Waals surface area contributed by atoms with E-state index in [1.54, 1.807) is 0 Å². The highest BCUT2D eigenvalue weighted by atomic mass is 32.1. The highest BCUT2D eigenvalue weighted by Gasteiger charge is 2.24. The van der Waals surface area contributed by atoms with Crippen LogP contribution in [0.1, 0.15) is 24.5 Å². The standard InChI is InChI=1S/C8H9NS/c10-7-3-4-8(9-5-7)6-1-2-6/h3-6,10H,1-2H2. The topological polar surface area (TPSA) is 12.9 Å². The lowest BCUT2D eigenvalue weighted by molar-refractivity contribution is 1.01. The summed E-state index contributed by atoms with van der Waals surface area (Å²) in [5.41, 5.74) is 1.23. The average molecular weight is 151 g/mol. The van der Waals surface area contributed by atoms with E-state index in [2.05, 4.69) is 23.7 Å². The first-order valence-electron chi connectivity index (χ1n) is 3.51. The molecule has 10 heavy (non-hydrogen) atoms. The van der Waals surface area contributed by atoms with Gasteiger partial charge in [-0.3, -0.25) is 4.98 Å². The second kappa shape index (κ2) is 2.27. The van der Waals surface area contributed by atoms with Gasteiger partial charge in [0.25, 0.3) is 0 Å². The molecule has 1 fully saturated rings. The van der Waals surface area contributed by atoms with Crippen LogP contribution in [0.3, 0.4) is 0 Å². The van der Waals surface area contributed by atoms with Gasteiger partial charge >= 0.3 is 0 Å². The van der Waals surface area contributed by atoms with E-state index in [0.29, 0.717) is 0 Å². The van der Waals surface area contributed by atoms with Gasteiger partial charge < -0.3 is 0 Å². The van der Waals surface area contributed by atoms with Crippen molar-refractivity contribution in [3.63, 3.8) is 0 Å². The molecule has 0 spiro atoms. The Hall–Kier alpha value is -0.500. The summed E-state index contributed by atoms with van der Waals surface area (Å²) in [6.45, 7) is 0. The van der Waals surface area contributed by atoms with Gasteiger partial charge in [0, 0.05) is 22.7 Å². The van der Waals surface area contributed by atoms with Crippen molar-refractivity contribution in [1.29, 1.82) is 0 Å². The SMILES string of the molecule is Sc1ccc(C2CC2)nc1. The van der Waals surface area contributed by atoms with Crippen molar-refractivity contribution in [1.82, 2.24) is 4.98 Å². The number of hydrogen-bond donors (Lipinski definition) is 1. The lowest BCUT2D eigenvalue weighted by Crippen LogP contribution is -1.83. The number of pyridine rings is 1. The van der Waals surface area contributed by atoms with E-state index in [0.717, 1.165) is 10.8 Å². The first-order valence-corrected chi connectivity index (χ1v) is 3.96. The van der Waals surface area contributed by atoms with Crippen LogP contribution in [0, 0.1) is 0 Å². The zero-order valence-corrected chi connectivity index (χ0v) is 6.51. The third kappa shape index (κ3) is 1.16. The van der Waals surface area contributed by atoms with Crippen LogP contribution >= 0.6 is 12.6 Å². The quantitative estimate of drug-likeness (QED) is 0.607. The number of rotatable bonds is 1. The minimum atomic E-state index is 0.758. The summed E-state index contributed by atoms with van der Waals surface area (Å²) in [6.07, 6.45) is 4.45. The Morgan fingerprint density at radius 3 is 2.70 bits per heavy atom. The summed E-state index contributed by atoms with van der Waals surface area (Å²) < 4.78 is 0. The Kier molecular flexibility index (Phi) is 1.42. The summed E-state index contributed by atoms with van der Waals surface area (Å²) in [4.78, 5) is 5.21. The van der Waals surface area contributed by atoms with Gasteiger partial charge in [0.05, 0.1) is 0 Å². The number of nitrogens with zero attached hydrogens (tertiary/aromatic N) is 1. The largest absolute Gasteiger partial charge is 0.260 e. The van der Waals surface area contributed by atoms with Gasteiger partial charge in [0.2, 0.25) is 0 Å². The van der Waals surface area contributed by atoms with Gasteiger partial charge in [0.1, 0.15) is 0 Å². The molecule has 2 rings (SSSR count). The first-order chi connectivity index (χ1) is 4.86. The third-order valence-corrected chi connectivity index (χ3v) is 2.03. The van der Waals surface area contributed by atoms with E-state index < -0.39 is 0 Å². The monoisotopic (exact) mass is 151 g/mol. The highest BCUT2D eigenvalue weighted by Crippen LogP contribution is 2.38. The van der Waals surface area contributed by atoms with Crippen molar-refractivity contribution in [2.24, 2.45) is 0 Å². The minimum absolute atomic E-state index is 0.758. The van der Waals surface area contributed by atoms with E-state index in [-0.39, 0.29) is 0 Å². The molecule has 1 aromatic heterocycles. The van der Waals surface area contributed by atoms with Crippen molar-refractivity contribution >= 4 is 12.6 Å². The van der Waals surface area contributed by atoms with Crippen molar-refractivity contribution in [2.75, 3.05) is 0 Å². The molecule has 0 radical (unpaired) electrons. The normalized spacial score (nSPS) is 17.3. The molecular weight excluding hydrogens is 142 g/mol. The summed E-state index contributed by atoms with van der Waals surface area (Å²) in [5, 5.41) is 0.